The van der Waals surface area contributed by atoms with Gasteiger partial charge in [0.25, 0.3) is 5.91 Å². The van der Waals surface area contributed by atoms with Gasteiger partial charge in [-0.2, -0.15) is 5.10 Å². The molecule has 1 aromatic carbocycles. The Labute approximate surface area is 138 Å². The Bertz CT molecular complexity index is 823. The van der Waals surface area contributed by atoms with E-state index in [4.69, 9.17) is 4.52 Å². The molecule has 0 radical (unpaired) electrons. The first-order valence-electron chi connectivity index (χ1n) is 7.63. The Balaban J connectivity index is 1.51. The molecule has 6 nitrogen and oxygen atoms in total. The summed E-state index contributed by atoms with van der Waals surface area (Å²) in [5.41, 5.74) is 1.83. The fraction of sp³-hybridized carbons (Fsp3) is 0.235. The molecular formula is C17H17FN4O2. The van der Waals surface area contributed by atoms with Crippen LogP contribution in [0.4, 0.5) is 4.39 Å². The van der Waals surface area contributed by atoms with Crippen LogP contribution < -0.4 is 5.32 Å². The average molecular weight is 328 g/mol. The molecule has 7 heteroatoms. The van der Waals surface area contributed by atoms with E-state index in [0.29, 0.717) is 17.9 Å². The minimum atomic E-state index is -0.330. The van der Waals surface area contributed by atoms with Gasteiger partial charge in [0.1, 0.15) is 5.82 Å². The van der Waals surface area contributed by atoms with Crippen molar-refractivity contribution in [3.63, 3.8) is 0 Å². The molecule has 0 bridgehead atoms. The van der Waals surface area contributed by atoms with Crippen molar-refractivity contribution < 1.29 is 13.7 Å². The van der Waals surface area contributed by atoms with Crippen molar-refractivity contribution in [2.45, 2.75) is 19.9 Å². The van der Waals surface area contributed by atoms with Gasteiger partial charge in [0.15, 0.2) is 11.5 Å². The van der Waals surface area contributed by atoms with Gasteiger partial charge in [-0.3, -0.25) is 9.48 Å². The molecule has 0 aliphatic heterocycles. The number of carbonyl (C=O) groups is 1. The zero-order valence-electron chi connectivity index (χ0n) is 13.2. The number of halogens is 1. The lowest BCUT2D eigenvalue weighted by Gasteiger charge is -2.03. The van der Waals surface area contributed by atoms with E-state index >= 15 is 0 Å². The number of rotatable bonds is 6. The van der Waals surface area contributed by atoms with E-state index in [1.165, 1.54) is 12.1 Å². The monoisotopic (exact) mass is 328 g/mol. The topological polar surface area (TPSA) is 73.0 Å². The van der Waals surface area contributed by atoms with E-state index in [1.807, 2.05) is 23.9 Å². The molecule has 3 rings (SSSR count). The van der Waals surface area contributed by atoms with Crippen LogP contribution in [0.5, 0.6) is 0 Å². The van der Waals surface area contributed by atoms with Crippen LogP contribution in [0, 0.1) is 12.7 Å². The standard InChI is InChI=1S/C17H17FN4O2/c1-12-7-10-22(20-12)9-2-8-19-17(23)15-11-16(24-21-15)13-3-5-14(18)6-4-13/h3-7,10-11H,2,8-9H2,1H3,(H,19,23). The Morgan fingerprint density at radius 2 is 2.08 bits per heavy atom. The second kappa shape index (κ2) is 7.08. The summed E-state index contributed by atoms with van der Waals surface area (Å²) in [6, 6.07) is 9.28. The lowest BCUT2D eigenvalue weighted by molar-refractivity contribution is 0.0943. The quantitative estimate of drug-likeness (QED) is 0.706. The van der Waals surface area contributed by atoms with Crippen LogP contribution in [-0.4, -0.2) is 27.4 Å². The van der Waals surface area contributed by atoms with Crippen LogP contribution in [0.3, 0.4) is 0 Å². The first-order valence-corrected chi connectivity index (χ1v) is 7.63. The van der Waals surface area contributed by atoms with Crippen molar-refractivity contribution in [2.75, 3.05) is 6.54 Å². The predicted octanol–water partition coefficient (Wildman–Crippen LogP) is 2.81. The van der Waals surface area contributed by atoms with Crippen LogP contribution in [0.25, 0.3) is 11.3 Å². The number of benzene rings is 1. The van der Waals surface area contributed by atoms with Gasteiger partial charge in [-0.15, -0.1) is 0 Å². The fourth-order valence-corrected chi connectivity index (χ4v) is 2.25. The summed E-state index contributed by atoms with van der Waals surface area (Å²) < 4.78 is 19.9. The summed E-state index contributed by atoms with van der Waals surface area (Å²) in [6.45, 7) is 3.17. The van der Waals surface area contributed by atoms with Gasteiger partial charge in [-0.1, -0.05) is 5.16 Å². The lowest BCUT2D eigenvalue weighted by atomic mass is 10.1. The van der Waals surface area contributed by atoms with Crippen LogP contribution in [0.2, 0.25) is 0 Å². The molecule has 124 valence electrons. The highest BCUT2D eigenvalue weighted by Gasteiger charge is 2.13. The summed E-state index contributed by atoms with van der Waals surface area (Å²) >= 11 is 0. The molecule has 2 aromatic heterocycles. The Kier molecular flexibility index (Phi) is 4.69. The van der Waals surface area contributed by atoms with Gasteiger partial charge in [-0.05, 0) is 43.7 Å². The third kappa shape index (κ3) is 3.87. The highest BCUT2D eigenvalue weighted by Crippen LogP contribution is 2.20. The fourth-order valence-electron chi connectivity index (χ4n) is 2.25. The highest BCUT2D eigenvalue weighted by molar-refractivity contribution is 5.93. The average Bonchev–Trinajstić information content (AvgIpc) is 3.21. The molecule has 3 aromatic rings. The normalized spacial score (nSPS) is 10.8. The SMILES string of the molecule is Cc1ccn(CCCNC(=O)c2cc(-c3ccc(F)cc3)on2)n1. The van der Waals surface area contributed by atoms with Gasteiger partial charge in [0.2, 0.25) is 0 Å². The van der Waals surface area contributed by atoms with Crippen molar-refractivity contribution in [2.24, 2.45) is 0 Å². The van der Waals surface area contributed by atoms with Crippen LogP contribution in [0.1, 0.15) is 22.6 Å². The number of nitrogens with zero attached hydrogens (tertiary/aromatic N) is 3. The maximum Gasteiger partial charge on any atom is 0.273 e. The van der Waals surface area contributed by atoms with E-state index in [2.05, 4.69) is 15.6 Å². The van der Waals surface area contributed by atoms with Crippen LogP contribution >= 0.6 is 0 Å². The van der Waals surface area contributed by atoms with Gasteiger partial charge in [0.05, 0.1) is 5.69 Å². The zero-order valence-corrected chi connectivity index (χ0v) is 13.2. The Hall–Kier alpha value is -2.96. The third-order valence-electron chi connectivity index (χ3n) is 3.50. The van der Waals surface area contributed by atoms with E-state index < -0.39 is 0 Å². The molecule has 0 saturated heterocycles. The maximum absolute atomic E-state index is 12.9. The predicted molar refractivity (Wildman–Crippen MR) is 85.8 cm³/mol. The number of carbonyl (C=O) groups excluding carboxylic acids is 1. The molecule has 0 aliphatic rings. The minimum Gasteiger partial charge on any atom is -0.355 e. The summed E-state index contributed by atoms with van der Waals surface area (Å²) in [4.78, 5) is 12.0. The summed E-state index contributed by atoms with van der Waals surface area (Å²) in [6.07, 6.45) is 2.67. The van der Waals surface area contributed by atoms with E-state index in [9.17, 15) is 9.18 Å². The molecule has 0 aliphatic carbocycles. The van der Waals surface area contributed by atoms with Crippen molar-refractivity contribution in [3.05, 3.63) is 59.8 Å². The van der Waals surface area contributed by atoms with Gasteiger partial charge in [-0.25, -0.2) is 4.39 Å². The molecular weight excluding hydrogens is 311 g/mol. The van der Waals surface area contributed by atoms with Crippen molar-refractivity contribution in [1.82, 2.24) is 20.3 Å². The number of aryl methyl sites for hydroxylation is 2. The number of aromatic nitrogens is 3. The number of hydrogen-bond donors (Lipinski definition) is 1. The summed E-state index contributed by atoms with van der Waals surface area (Å²) in [5.74, 6) is -0.209. The van der Waals surface area contributed by atoms with Crippen molar-refractivity contribution in [3.8, 4) is 11.3 Å². The molecule has 0 unspecified atom stereocenters. The largest absolute Gasteiger partial charge is 0.355 e. The van der Waals surface area contributed by atoms with Crippen molar-refractivity contribution in [1.29, 1.82) is 0 Å². The third-order valence-corrected chi connectivity index (χ3v) is 3.50. The van der Waals surface area contributed by atoms with Crippen LogP contribution in [-0.2, 0) is 6.54 Å². The Morgan fingerprint density at radius 3 is 2.79 bits per heavy atom. The summed E-state index contributed by atoms with van der Waals surface area (Å²) in [7, 11) is 0. The molecule has 0 spiro atoms. The highest BCUT2D eigenvalue weighted by atomic mass is 19.1. The molecule has 1 amide bonds. The van der Waals surface area contributed by atoms with Crippen LogP contribution in [0.15, 0.2) is 47.1 Å². The smallest absolute Gasteiger partial charge is 0.273 e. The summed E-state index contributed by atoms with van der Waals surface area (Å²) in [5, 5.41) is 10.8. The first kappa shape index (κ1) is 15.9. The molecule has 0 atom stereocenters. The molecule has 0 saturated carbocycles. The molecule has 24 heavy (non-hydrogen) atoms. The van der Waals surface area contributed by atoms with E-state index in [0.717, 1.165) is 18.7 Å². The lowest BCUT2D eigenvalue weighted by Crippen LogP contribution is -2.25. The molecule has 1 N–H and O–H groups in total. The number of nitrogens with one attached hydrogen (secondary N) is 1. The van der Waals surface area contributed by atoms with E-state index in [-0.39, 0.29) is 17.4 Å². The van der Waals surface area contributed by atoms with Gasteiger partial charge >= 0.3 is 0 Å². The second-order valence-corrected chi connectivity index (χ2v) is 5.41. The second-order valence-electron chi connectivity index (χ2n) is 5.41. The van der Waals surface area contributed by atoms with E-state index in [1.54, 1.807) is 18.2 Å². The molecule has 2 heterocycles. The first-order chi connectivity index (χ1) is 11.6. The van der Waals surface area contributed by atoms with Gasteiger partial charge < -0.3 is 9.84 Å². The maximum atomic E-state index is 12.9. The number of hydrogen-bond acceptors (Lipinski definition) is 4. The zero-order chi connectivity index (χ0) is 16.9. The number of amides is 1. The van der Waals surface area contributed by atoms with Crippen molar-refractivity contribution >= 4 is 5.91 Å². The minimum absolute atomic E-state index is 0.198. The molecule has 0 fully saturated rings. The van der Waals surface area contributed by atoms with Gasteiger partial charge in [0, 0.05) is 30.9 Å². The Morgan fingerprint density at radius 1 is 1.29 bits per heavy atom.